The highest BCUT2D eigenvalue weighted by atomic mass is 32.2. The van der Waals surface area contributed by atoms with Crippen molar-refractivity contribution in [2.24, 2.45) is 0 Å². The third-order valence-corrected chi connectivity index (χ3v) is 7.81. The fraction of sp³-hybridized carbons (Fsp3) is 0.524. The fourth-order valence-electron chi connectivity index (χ4n) is 4.09. The predicted molar refractivity (Wildman–Crippen MR) is 123 cm³/mol. The molecule has 4 rings (SSSR count). The van der Waals surface area contributed by atoms with Gasteiger partial charge in [-0.25, -0.2) is 17.8 Å². The number of halogens is 1. The number of nitrogens with one attached hydrogen (secondary N) is 3. The van der Waals surface area contributed by atoms with Crippen LogP contribution in [0, 0.1) is 5.82 Å². The van der Waals surface area contributed by atoms with Gasteiger partial charge in [0, 0.05) is 29.3 Å². The average molecular weight is 485 g/mol. The number of thiazole rings is 1. The summed E-state index contributed by atoms with van der Waals surface area (Å²) in [6, 6.07) is 3.44. The minimum Gasteiger partial charge on any atom is -0.483 e. The topological polar surface area (TPSA) is 120 Å². The first-order valence-electron chi connectivity index (χ1n) is 10.7. The smallest absolute Gasteiger partial charge is 0.290 e. The number of carboxylic acid groups (broad SMARTS) is 1. The average Bonchev–Trinajstić information content (AvgIpc) is 3.47. The summed E-state index contributed by atoms with van der Waals surface area (Å²) in [5.41, 5.74) is 1.62. The van der Waals surface area contributed by atoms with Gasteiger partial charge in [0.05, 0.1) is 0 Å². The summed E-state index contributed by atoms with van der Waals surface area (Å²) in [5, 5.41) is 15.9. The molecule has 4 N–H and O–H groups in total. The molecule has 0 bridgehead atoms. The lowest BCUT2D eigenvalue weighted by Crippen LogP contribution is -2.46. The normalized spacial score (nSPS) is 20.7. The summed E-state index contributed by atoms with van der Waals surface area (Å²) in [4.78, 5) is 12.0. The molecule has 2 aliphatic rings. The SMILES string of the molecule is CCN[C@H]1CCCC[C@@H]1Nc1cc(F)c(S(=O)(=O)Nc2nccs2)cc1C1CC1.O=CO. The van der Waals surface area contributed by atoms with Crippen LogP contribution >= 0.6 is 11.3 Å². The predicted octanol–water partition coefficient (Wildman–Crippen LogP) is 3.99. The van der Waals surface area contributed by atoms with Gasteiger partial charge in [-0.05, 0) is 55.8 Å². The summed E-state index contributed by atoms with van der Waals surface area (Å²) in [6.07, 6.45) is 7.96. The van der Waals surface area contributed by atoms with E-state index in [2.05, 4.69) is 27.3 Å². The molecule has 2 aromatic rings. The lowest BCUT2D eigenvalue weighted by atomic mass is 9.89. The molecule has 32 heavy (non-hydrogen) atoms. The molecule has 8 nitrogen and oxygen atoms in total. The Morgan fingerprint density at radius 2 is 1.91 bits per heavy atom. The maximum Gasteiger partial charge on any atom is 0.290 e. The van der Waals surface area contributed by atoms with Crippen molar-refractivity contribution in [2.45, 2.75) is 68.3 Å². The first kappa shape index (κ1) is 24.4. The Morgan fingerprint density at radius 1 is 1.22 bits per heavy atom. The van der Waals surface area contributed by atoms with Gasteiger partial charge in [-0.3, -0.25) is 9.52 Å². The van der Waals surface area contributed by atoms with E-state index in [1.807, 2.05) is 0 Å². The number of hydrogen-bond donors (Lipinski definition) is 4. The van der Waals surface area contributed by atoms with Gasteiger partial charge in [-0.1, -0.05) is 19.8 Å². The van der Waals surface area contributed by atoms with Crippen LogP contribution in [0.1, 0.15) is 56.9 Å². The number of benzene rings is 1. The van der Waals surface area contributed by atoms with E-state index in [4.69, 9.17) is 9.90 Å². The number of anilines is 2. The number of sulfonamides is 1. The molecule has 0 spiro atoms. The van der Waals surface area contributed by atoms with Crippen LogP contribution in [0.15, 0.2) is 28.6 Å². The van der Waals surface area contributed by atoms with E-state index in [9.17, 15) is 12.8 Å². The molecule has 0 saturated heterocycles. The third-order valence-electron chi connectivity index (χ3n) is 5.64. The van der Waals surface area contributed by atoms with Crippen LogP contribution in [0.4, 0.5) is 15.2 Å². The monoisotopic (exact) mass is 484 g/mol. The maximum atomic E-state index is 14.9. The zero-order valence-electron chi connectivity index (χ0n) is 17.9. The minimum absolute atomic E-state index is 0.219. The molecule has 2 atom stereocenters. The molecule has 1 heterocycles. The zero-order chi connectivity index (χ0) is 23.1. The van der Waals surface area contributed by atoms with Crippen LogP contribution in [-0.4, -0.2) is 43.6 Å². The Morgan fingerprint density at radius 3 is 2.50 bits per heavy atom. The van der Waals surface area contributed by atoms with Crippen molar-refractivity contribution in [3.63, 3.8) is 0 Å². The minimum atomic E-state index is -4.03. The van der Waals surface area contributed by atoms with Gasteiger partial charge in [-0.15, -0.1) is 11.3 Å². The Balaban J connectivity index is 0.000000913. The molecule has 176 valence electrons. The Hall–Kier alpha value is -2.24. The molecule has 2 saturated carbocycles. The summed E-state index contributed by atoms with van der Waals surface area (Å²) < 4.78 is 42.8. The molecule has 2 aliphatic carbocycles. The molecule has 0 unspecified atom stereocenters. The second-order valence-electron chi connectivity index (χ2n) is 7.89. The van der Waals surface area contributed by atoms with E-state index in [1.165, 1.54) is 24.8 Å². The Labute approximate surface area is 191 Å². The molecule has 1 aromatic heterocycles. The second-order valence-corrected chi connectivity index (χ2v) is 10.4. The van der Waals surface area contributed by atoms with E-state index >= 15 is 0 Å². The summed E-state index contributed by atoms with van der Waals surface area (Å²) in [5.74, 6) is -0.454. The number of carbonyl (C=O) groups is 1. The van der Waals surface area contributed by atoms with Crippen LogP contribution in [-0.2, 0) is 14.8 Å². The number of nitrogens with zero attached hydrogens (tertiary/aromatic N) is 1. The van der Waals surface area contributed by atoms with Crippen LogP contribution in [0.2, 0.25) is 0 Å². The molecular formula is C21H29FN4O4S2. The number of aromatic nitrogens is 1. The van der Waals surface area contributed by atoms with Gasteiger partial charge < -0.3 is 15.7 Å². The first-order valence-corrected chi connectivity index (χ1v) is 13.1. The van der Waals surface area contributed by atoms with Crippen LogP contribution in [0.5, 0.6) is 0 Å². The molecule has 11 heteroatoms. The van der Waals surface area contributed by atoms with Crippen molar-refractivity contribution >= 4 is 38.7 Å². The van der Waals surface area contributed by atoms with Crippen molar-refractivity contribution < 1.29 is 22.7 Å². The highest BCUT2D eigenvalue weighted by molar-refractivity contribution is 7.93. The van der Waals surface area contributed by atoms with Crippen molar-refractivity contribution in [1.82, 2.24) is 10.3 Å². The summed E-state index contributed by atoms with van der Waals surface area (Å²) >= 11 is 1.16. The third kappa shape index (κ3) is 6.17. The lowest BCUT2D eigenvalue weighted by Gasteiger charge is -2.34. The highest BCUT2D eigenvalue weighted by Crippen LogP contribution is 2.45. The lowest BCUT2D eigenvalue weighted by molar-refractivity contribution is -0.122. The first-order chi connectivity index (χ1) is 15.4. The Bertz CT molecular complexity index is 995. The van der Waals surface area contributed by atoms with Gasteiger partial charge in [0.25, 0.3) is 16.5 Å². The van der Waals surface area contributed by atoms with E-state index in [0.29, 0.717) is 6.04 Å². The molecule has 0 aliphatic heterocycles. The zero-order valence-corrected chi connectivity index (χ0v) is 19.5. The van der Waals surface area contributed by atoms with Crippen LogP contribution in [0.25, 0.3) is 0 Å². The van der Waals surface area contributed by atoms with Crippen molar-refractivity contribution in [3.8, 4) is 0 Å². The van der Waals surface area contributed by atoms with Gasteiger partial charge in [0.2, 0.25) is 0 Å². The summed E-state index contributed by atoms with van der Waals surface area (Å²) in [7, 11) is -4.03. The largest absolute Gasteiger partial charge is 0.483 e. The molecule has 2 fully saturated rings. The van der Waals surface area contributed by atoms with E-state index in [-0.39, 0.29) is 28.5 Å². The van der Waals surface area contributed by atoms with Crippen molar-refractivity contribution in [1.29, 1.82) is 0 Å². The second kappa shape index (κ2) is 11.1. The van der Waals surface area contributed by atoms with E-state index in [0.717, 1.165) is 61.2 Å². The van der Waals surface area contributed by atoms with Gasteiger partial charge in [0.15, 0.2) is 5.13 Å². The van der Waals surface area contributed by atoms with Gasteiger partial charge in [-0.2, -0.15) is 0 Å². The fourth-order valence-corrected chi connectivity index (χ4v) is 5.97. The molecule has 0 amide bonds. The van der Waals surface area contributed by atoms with Gasteiger partial charge >= 0.3 is 0 Å². The van der Waals surface area contributed by atoms with Crippen molar-refractivity contribution in [3.05, 3.63) is 35.1 Å². The maximum absolute atomic E-state index is 14.9. The highest BCUT2D eigenvalue weighted by Gasteiger charge is 2.32. The quantitative estimate of drug-likeness (QED) is 0.418. The number of hydrogen-bond acceptors (Lipinski definition) is 7. The molecule has 0 radical (unpaired) electrons. The Kier molecular flexibility index (Phi) is 8.44. The standard InChI is InChI=1S/C20H27FN4O2S2.CH2O2/c1-2-22-16-5-3-4-6-17(16)24-18-12-15(21)19(11-14(18)13-7-8-13)29(26,27)25-20-23-9-10-28-20;2-1-3/h9-13,16-17,22,24H,2-8H2,1H3,(H,23,25);1H,(H,2,3)/t16-,17-;/m0./s1. The summed E-state index contributed by atoms with van der Waals surface area (Å²) in [6.45, 7) is 2.74. The van der Waals surface area contributed by atoms with Crippen LogP contribution in [0.3, 0.4) is 0 Å². The van der Waals surface area contributed by atoms with Gasteiger partial charge in [0.1, 0.15) is 10.7 Å². The van der Waals surface area contributed by atoms with E-state index in [1.54, 1.807) is 5.38 Å². The molecule has 1 aromatic carbocycles. The van der Waals surface area contributed by atoms with Crippen LogP contribution < -0.4 is 15.4 Å². The number of likely N-dealkylation sites (N-methyl/N-ethyl adjacent to an activating group) is 1. The van der Waals surface area contributed by atoms with E-state index < -0.39 is 15.8 Å². The molecular weight excluding hydrogens is 455 g/mol. The van der Waals surface area contributed by atoms with Crippen molar-refractivity contribution in [2.75, 3.05) is 16.6 Å². The number of rotatable bonds is 8.